The van der Waals surface area contributed by atoms with Crippen molar-refractivity contribution in [3.63, 3.8) is 0 Å². The number of rotatable bonds is 5. The number of pyridine rings is 1. The number of aromatic amines is 1. The minimum atomic E-state index is -1.45. The van der Waals surface area contributed by atoms with Crippen LogP contribution < -0.4 is 11.3 Å². The third kappa shape index (κ3) is 3.20. The van der Waals surface area contributed by atoms with Crippen molar-refractivity contribution in [3.05, 3.63) is 51.4 Å². The molecule has 8 nitrogen and oxygen atoms in total. The van der Waals surface area contributed by atoms with Gasteiger partial charge in [-0.1, -0.05) is 13.0 Å². The maximum absolute atomic E-state index is 12.2. The van der Waals surface area contributed by atoms with Gasteiger partial charge in [0.05, 0.1) is 5.69 Å². The summed E-state index contributed by atoms with van der Waals surface area (Å²) in [6.07, 6.45) is 0.380. The summed E-state index contributed by atoms with van der Waals surface area (Å²) in [4.78, 5) is 28.5. The molecule has 152 valence electrons. The SMILES string of the molecule is CCc1c(-c2ccc3c(c2)cc(CN2CC(N)C2)n3C)[nH]c(=O)c(C(=O)O)c1O. The van der Waals surface area contributed by atoms with E-state index in [1.807, 2.05) is 25.2 Å². The van der Waals surface area contributed by atoms with Gasteiger partial charge in [0.15, 0.2) is 5.56 Å². The van der Waals surface area contributed by atoms with Crippen molar-refractivity contribution in [3.8, 4) is 17.0 Å². The van der Waals surface area contributed by atoms with Crippen molar-refractivity contribution < 1.29 is 15.0 Å². The van der Waals surface area contributed by atoms with Crippen molar-refractivity contribution >= 4 is 16.9 Å². The molecule has 2 aromatic heterocycles. The fourth-order valence-corrected chi connectivity index (χ4v) is 4.10. The van der Waals surface area contributed by atoms with Crippen LogP contribution in [0.2, 0.25) is 0 Å². The van der Waals surface area contributed by atoms with Crippen molar-refractivity contribution in [2.75, 3.05) is 13.1 Å². The van der Waals surface area contributed by atoms with E-state index in [2.05, 4.69) is 20.5 Å². The maximum atomic E-state index is 12.2. The number of nitrogens with one attached hydrogen (secondary N) is 1. The summed E-state index contributed by atoms with van der Waals surface area (Å²) in [5.74, 6) is -1.92. The van der Waals surface area contributed by atoms with Crippen molar-refractivity contribution in [1.82, 2.24) is 14.5 Å². The first-order chi connectivity index (χ1) is 13.8. The van der Waals surface area contributed by atoms with Gasteiger partial charge in [0.1, 0.15) is 5.75 Å². The van der Waals surface area contributed by atoms with Gasteiger partial charge in [-0.25, -0.2) is 4.79 Å². The van der Waals surface area contributed by atoms with Gasteiger partial charge < -0.3 is 25.5 Å². The molecule has 0 saturated carbocycles. The molecule has 1 aromatic carbocycles. The van der Waals surface area contributed by atoms with Crippen LogP contribution in [0.3, 0.4) is 0 Å². The minimum Gasteiger partial charge on any atom is -0.506 e. The molecule has 1 fully saturated rings. The number of H-pyrrole nitrogens is 1. The first-order valence-corrected chi connectivity index (χ1v) is 9.58. The van der Waals surface area contributed by atoms with Crippen molar-refractivity contribution in [1.29, 1.82) is 0 Å². The van der Waals surface area contributed by atoms with Crippen LogP contribution in [-0.4, -0.2) is 49.8 Å². The summed E-state index contributed by atoms with van der Waals surface area (Å²) in [6.45, 7) is 4.41. The third-order valence-electron chi connectivity index (χ3n) is 5.66. The van der Waals surface area contributed by atoms with E-state index in [1.165, 1.54) is 0 Å². The summed E-state index contributed by atoms with van der Waals surface area (Å²) < 4.78 is 2.14. The number of likely N-dealkylation sites (tertiary alicyclic amines) is 1. The smallest absolute Gasteiger partial charge is 0.345 e. The number of hydrogen-bond acceptors (Lipinski definition) is 5. The lowest BCUT2D eigenvalue weighted by Gasteiger charge is -2.36. The van der Waals surface area contributed by atoms with Gasteiger partial charge >= 0.3 is 5.97 Å². The molecule has 8 heteroatoms. The number of aryl methyl sites for hydroxylation is 1. The minimum absolute atomic E-state index is 0.252. The molecule has 0 amide bonds. The standard InChI is InChI=1S/C21H24N4O4/c1-3-15-18(23-20(27)17(19(15)26)21(28)29)11-4-5-16-12(6-11)7-14(24(16)2)10-25-8-13(22)9-25/h4-7,13H,3,8-10,22H2,1-2H3,(H,28,29)(H2,23,26,27). The average molecular weight is 396 g/mol. The Hall–Kier alpha value is -3.10. The first-order valence-electron chi connectivity index (χ1n) is 9.58. The quantitative estimate of drug-likeness (QED) is 0.520. The molecule has 1 aliphatic heterocycles. The van der Waals surface area contributed by atoms with E-state index in [0.29, 0.717) is 17.7 Å². The number of aromatic hydroxyl groups is 1. The lowest BCUT2D eigenvalue weighted by Crippen LogP contribution is -2.55. The topological polar surface area (TPSA) is 125 Å². The predicted octanol–water partition coefficient (Wildman–Crippen LogP) is 1.64. The highest BCUT2D eigenvalue weighted by Crippen LogP contribution is 2.32. The molecule has 4 rings (SSSR count). The second-order valence-corrected chi connectivity index (χ2v) is 7.61. The zero-order valence-electron chi connectivity index (χ0n) is 16.4. The highest BCUT2D eigenvalue weighted by atomic mass is 16.4. The van der Waals surface area contributed by atoms with E-state index in [4.69, 9.17) is 5.73 Å². The van der Waals surface area contributed by atoms with Gasteiger partial charge in [-0.3, -0.25) is 9.69 Å². The van der Waals surface area contributed by atoms with Gasteiger partial charge in [0.25, 0.3) is 5.56 Å². The third-order valence-corrected chi connectivity index (χ3v) is 5.66. The number of fused-ring (bicyclic) bond motifs is 1. The van der Waals surface area contributed by atoms with Gasteiger partial charge in [-0.2, -0.15) is 0 Å². The van der Waals surface area contributed by atoms with Crippen LogP contribution in [0, 0.1) is 0 Å². The number of nitrogens with two attached hydrogens (primary N) is 1. The first kappa shape index (κ1) is 19.2. The molecule has 0 unspecified atom stereocenters. The normalized spacial score (nSPS) is 15.0. The second-order valence-electron chi connectivity index (χ2n) is 7.61. The number of carboxylic acids is 1. The summed E-state index contributed by atoms with van der Waals surface area (Å²) >= 11 is 0. The maximum Gasteiger partial charge on any atom is 0.345 e. The fraction of sp³-hybridized carbons (Fsp3) is 0.333. The van der Waals surface area contributed by atoms with E-state index < -0.39 is 22.8 Å². The van der Waals surface area contributed by atoms with Crippen LogP contribution in [0.25, 0.3) is 22.2 Å². The molecule has 0 radical (unpaired) electrons. The Morgan fingerprint density at radius 1 is 1.31 bits per heavy atom. The molecule has 3 heterocycles. The summed E-state index contributed by atoms with van der Waals surface area (Å²) in [7, 11) is 2.02. The molecular formula is C21H24N4O4. The summed E-state index contributed by atoms with van der Waals surface area (Å²) in [5, 5.41) is 20.6. The number of benzene rings is 1. The largest absolute Gasteiger partial charge is 0.506 e. The lowest BCUT2D eigenvalue weighted by atomic mass is 9.99. The zero-order valence-corrected chi connectivity index (χ0v) is 16.4. The van der Waals surface area contributed by atoms with Crippen LogP contribution in [0.1, 0.15) is 28.5 Å². The Labute approximate surface area is 167 Å². The number of aromatic nitrogens is 2. The molecule has 1 saturated heterocycles. The van der Waals surface area contributed by atoms with Gasteiger partial charge in [-0.15, -0.1) is 0 Å². The van der Waals surface area contributed by atoms with Crippen molar-refractivity contribution in [2.24, 2.45) is 12.8 Å². The predicted molar refractivity (Wildman–Crippen MR) is 110 cm³/mol. The van der Waals surface area contributed by atoms with Gasteiger partial charge in [-0.05, 0) is 30.2 Å². The molecule has 0 bridgehead atoms. The monoisotopic (exact) mass is 396 g/mol. The number of nitrogens with zero attached hydrogens (tertiary/aromatic N) is 2. The van der Waals surface area contributed by atoms with Crippen molar-refractivity contribution in [2.45, 2.75) is 25.9 Å². The van der Waals surface area contributed by atoms with Crippen LogP contribution in [0.4, 0.5) is 0 Å². The van der Waals surface area contributed by atoms with E-state index >= 15 is 0 Å². The average Bonchev–Trinajstić information content (AvgIpc) is 2.95. The number of hydrogen-bond donors (Lipinski definition) is 4. The molecule has 3 aromatic rings. The second kappa shape index (κ2) is 7.06. The Bertz CT molecular complexity index is 1170. The van der Waals surface area contributed by atoms with Gasteiger partial charge in [0, 0.05) is 54.9 Å². The highest BCUT2D eigenvalue weighted by Gasteiger charge is 2.24. The Morgan fingerprint density at radius 3 is 2.66 bits per heavy atom. The summed E-state index contributed by atoms with van der Waals surface area (Å²) in [5.41, 5.74) is 8.23. The molecule has 5 N–H and O–H groups in total. The Kier molecular flexibility index (Phi) is 4.68. The highest BCUT2D eigenvalue weighted by molar-refractivity contribution is 5.92. The molecule has 0 spiro atoms. The van der Waals surface area contributed by atoms with Crippen LogP contribution in [0.15, 0.2) is 29.1 Å². The van der Waals surface area contributed by atoms with E-state index in [9.17, 15) is 19.8 Å². The number of carboxylic acid groups (broad SMARTS) is 1. The van der Waals surface area contributed by atoms with E-state index in [1.54, 1.807) is 6.92 Å². The molecule has 29 heavy (non-hydrogen) atoms. The zero-order chi connectivity index (χ0) is 20.9. The van der Waals surface area contributed by atoms with E-state index in [-0.39, 0.29) is 6.04 Å². The van der Waals surface area contributed by atoms with Crippen LogP contribution in [-0.2, 0) is 20.0 Å². The molecular weight excluding hydrogens is 372 g/mol. The molecule has 0 atom stereocenters. The molecule has 0 aliphatic carbocycles. The number of aromatic carboxylic acids is 1. The number of carbonyl (C=O) groups is 1. The van der Waals surface area contributed by atoms with E-state index in [0.717, 1.165) is 41.8 Å². The Balaban J connectivity index is 1.79. The van der Waals surface area contributed by atoms with Gasteiger partial charge in [0.2, 0.25) is 0 Å². The fourth-order valence-electron chi connectivity index (χ4n) is 4.10. The summed E-state index contributed by atoms with van der Waals surface area (Å²) in [6, 6.07) is 8.15. The lowest BCUT2D eigenvalue weighted by molar-refractivity contribution is 0.0691. The van der Waals surface area contributed by atoms with Crippen LogP contribution >= 0.6 is 0 Å². The molecule has 1 aliphatic rings. The Morgan fingerprint density at radius 2 is 2.03 bits per heavy atom. The van der Waals surface area contributed by atoms with Crippen LogP contribution in [0.5, 0.6) is 5.75 Å².